The van der Waals surface area contributed by atoms with Crippen molar-refractivity contribution in [2.24, 2.45) is 0 Å². The van der Waals surface area contributed by atoms with Crippen molar-refractivity contribution in [3.05, 3.63) is 46.5 Å². The van der Waals surface area contributed by atoms with E-state index in [0.29, 0.717) is 12.2 Å². The molecule has 6 nitrogen and oxygen atoms in total. The number of nitrogens with one attached hydrogen (secondary N) is 1. The topological polar surface area (TPSA) is 58.9 Å². The number of fused-ring (bicyclic) bond motifs is 1. The van der Waals surface area contributed by atoms with Crippen LogP contribution in [-0.4, -0.2) is 53.7 Å². The number of morpholine rings is 1. The summed E-state index contributed by atoms with van der Waals surface area (Å²) in [6, 6.07) is 7.12. The van der Waals surface area contributed by atoms with Gasteiger partial charge in [-0.3, -0.25) is 9.20 Å². The van der Waals surface area contributed by atoms with E-state index in [1.165, 1.54) is 0 Å². The van der Waals surface area contributed by atoms with E-state index < -0.39 is 0 Å². The lowest BCUT2D eigenvalue weighted by Gasteiger charge is -2.30. The van der Waals surface area contributed by atoms with E-state index in [4.69, 9.17) is 4.74 Å². The zero-order valence-corrected chi connectivity index (χ0v) is 12.2. The van der Waals surface area contributed by atoms with Crippen LogP contribution >= 0.6 is 0 Å². The van der Waals surface area contributed by atoms with E-state index in [1.807, 2.05) is 18.2 Å². The van der Waals surface area contributed by atoms with Crippen LogP contribution in [0.2, 0.25) is 0 Å². The molecule has 1 atom stereocenters. The predicted molar refractivity (Wildman–Crippen MR) is 80.4 cm³/mol. The Morgan fingerprint density at radius 1 is 1.48 bits per heavy atom. The molecule has 112 valence electrons. The lowest BCUT2D eigenvalue weighted by Crippen LogP contribution is -2.44. The van der Waals surface area contributed by atoms with Crippen molar-refractivity contribution in [2.45, 2.75) is 12.6 Å². The van der Waals surface area contributed by atoms with Crippen LogP contribution in [0, 0.1) is 0 Å². The molecule has 0 saturated carbocycles. The monoisotopic (exact) mass is 288 g/mol. The molecule has 0 amide bonds. The smallest absolute Gasteiger partial charge is 0.258 e. The third kappa shape index (κ3) is 3.47. The van der Waals surface area contributed by atoms with Crippen LogP contribution in [0.1, 0.15) is 5.69 Å². The first kappa shape index (κ1) is 14.2. The normalized spacial score (nSPS) is 20.0. The Morgan fingerprint density at radius 2 is 2.38 bits per heavy atom. The fourth-order valence-electron chi connectivity index (χ4n) is 2.55. The second-order valence-electron chi connectivity index (χ2n) is 5.40. The van der Waals surface area contributed by atoms with Crippen LogP contribution in [-0.2, 0) is 11.3 Å². The van der Waals surface area contributed by atoms with Crippen LogP contribution in [0.25, 0.3) is 5.65 Å². The van der Waals surface area contributed by atoms with E-state index >= 15 is 0 Å². The Bertz CT molecular complexity index is 670. The summed E-state index contributed by atoms with van der Waals surface area (Å²) in [5.41, 5.74) is 1.39. The SMILES string of the molecule is CN1CCOC(CNCc2cc(=O)n3ccccc3n2)C1. The van der Waals surface area contributed by atoms with Gasteiger partial charge in [0.15, 0.2) is 0 Å². The molecule has 1 saturated heterocycles. The molecule has 2 aromatic rings. The van der Waals surface area contributed by atoms with Gasteiger partial charge in [0.1, 0.15) is 5.65 Å². The largest absolute Gasteiger partial charge is 0.374 e. The summed E-state index contributed by atoms with van der Waals surface area (Å²) < 4.78 is 7.23. The van der Waals surface area contributed by atoms with Crippen LogP contribution in [0.5, 0.6) is 0 Å². The predicted octanol–water partition coefficient (Wildman–Crippen LogP) is 0.115. The Kier molecular flexibility index (Phi) is 4.28. The quantitative estimate of drug-likeness (QED) is 0.865. The van der Waals surface area contributed by atoms with Gasteiger partial charge in [-0.15, -0.1) is 0 Å². The number of aromatic nitrogens is 2. The van der Waals surface area contributed by atoms with Gasteiger partial charge in [0.05, 0.1) is 18.4 Å². The van der Waals surface area contributed by atoms with Gasteiger partial charge in [-0.25, -0.2) is 4.98 Å². The van der Waals surface area contributed by atoms with Gasteiger partial charge in [-0.05, 0) is 19.2 Å². The number of hydrogen-bond donors (Lipinski definition) is 1. The van der Waals surface area contributed by atoms with E-state index in [-0.39, 0.29) is 11.7 Å². The lowest BCUT2D eigenvalue weighted by atomic mass is 10.2. The van der Waals surface area contributed by atoms with Crippen LogP contribution in [0.3, 0.4) is 0 Å². The molecule has 0 aromatic carbocycles. The highest BCUT2D eigenvalue weighted by molar-refractivity contribution is 5.37. The average molecular weight is 288 g/mol. The Labute approximate surface area is 123 Å². The van der Waals surface area contributed by atoms with Gasteiger partial charge in [-0.2, -0.15) is 0 Å². The molecule has 1 aliphatic heterocycles. The standard InChI is InChI=1S/C15H20N4O2/c1-18-6-7-21-13(11-18)10-16-9-12-8-15(20)19-5-3-2-4-14(19)17-12/h2-5,8,13,16H,6-7,9-11H2,1H3. The van der Waals surface area contributed by atoms with Crippen molar-refractivity contribution >= 4 is 5.65 Å². The Morgan fingerprint density at radius 3 is 3.24 bits per heavy atom. The minimum atomic E-state index is -0.0500. The third-order valence-electron chi connectivity index (χ3n) is 3.64. The summed E-state index contributed by atoms with van der Waals surface area (Å²) >= 11 is 0. The van der Waals surface area contributed by atoms with E-state index in [9.17, 15) is 4.79 Å². The molecule has 3 rings (SSSR count). The van der Waals surface area contributed by atoms with Gasteiger partial charge in [-0.1, -0.05) is 6.07 Å². The molecule has 0 aliphatic carbocycles. The van der Waals surface area contributed by atoms with Crippen molar-refractivity contribution in [3.8, 4) is 0 Å². The first-order valence-corrected chi connectivity index (χ1v) is 7.20. The fraction of sp³-hybridized carbons (Fsp3) is 0.467. The summed E-state index contributed by atoms with van der Waals surface area (Å²) in [5, 5.41) is 3.32. The third-order valence-corrected chi connectivity index (χ3v) is 3.64. The van der Waals surface area contributed by atoms with Crippen molar-refractivity contribution in [3.63, 3.8) is 0 Å². The molecular weight excluding hydrogens is 268 g/mol. The number of ether oxygens (including phenoxy) is 1. The fourth-order valence-corrected chi connectivity index (χ4v) is 2.55. The van der Waals surface area contributed by atoms with Crippen LogP contribution < -0.4 is 10.9 Å². The van der Waals surface area contributed by atoms with Crippen molar-refractivity contribution in [1.29, 1.82) is 0 Å². The summed E-state index contributed by atoms with van der Waals surface area (Å²) in [6.07, 6.45) is 1.93. The molecule has 1 unspecified atom stereocenters. The highest BCUT2D eigenvalue weighted by Gasteiger charge is 2.16. The average Bonchev–Trinajstić information content (AvgIpc) is 2.47. The molecule has 1 N–H and O–H groups in total. The second kappa shape index (κ2) is 6.34. The van der Waals surface area contributed by atoms with Crippen LogP contribution in [0.4, 0.5) is 0 Å². The Balaban J connectivity index is 1.61. The molecule has 0 radical (unpaired) electrons. The van der Waals surface area contributed by atoms with Gasteiger partial charge >= 0.3 is 0 Å². The number of pyridine rings is 1. The summed E-state index contributed by atoms with van der Waals surface area (Å²) in [4.78, 5) is 18.7. The second-order valence-corrected chi connectivity index (χ2v) is 5.40. The van der Waals surface area contributed by atoms with Crippen molar-refractivity contribution in [1.82, 2.24) is 19.6 Å². The highest BCUT2D eigenvalue weighted by atomic mass is 16.5. The first-order chi connectivity index (χ1) is 10.2. The zero-order chi connectivity index (χ0) is 14.7. The Hall–Kier alpha value is -1.76. The van der Waals surface area contributed by atoms with Gasteiger partial charge in [0.25, 0.3) is 5.56 Å². The van der Waals surface area contributed by atoms with Gasteiger partial charge < -0.3 is 15.0 Å². The number of likely N-dealkylation sites (N-methyl/N-ethyl adjacent to an activating group) is 1. The van der Waals surface area contributed by atoms with E-state index in [1.54, 1.807) is 16.7 Å². The number of nitrogens with zero attached hydrogens (tertiary/aromatic N) is 3. The van der Waals surface area contributed by atoms with Gasteiger partial charge in [0.2, 0.25) is 0 Å². The zero-order valence-electron chi connectivity index (χ0n) is 12.2. The summed E-state index contributed by atoms with van der Waals surface area (Å²) in [7, 11) is 2.10. The minimum Gasteiger partial charge on any atom is -0.374 e. The van der Waals surface area contributed by atoms with Crippen molar-refractivity contribution < 1.29 is 4.74 Å². The van der Waals surface area contributed by atoms with E-state index in [0.717, 1.165) is 31.9 Å². The lowest BCUT2D eigenvalue weighted by molar-refractivity contribution is -0.0182. The molecule has 3 heterocycles. The van der Waals surface area contributed by atoms with Crippen molar-refractivity contribution in [2.75, 3.05) is 33.3 Å². The maximum atomic E-state index is 12.0. The molecule has 1 aliphatic rings. The highest BCUT2D eigenvalue weighted by Crippen LogP contribution is 2.02. The summed E-state index contributed by atoms with van der Waals surface area (Å²) in [5.74, 6) is 0. The molecule has 0 spiro atoms. The molecule has 2 aromatic heterocycles. The summed E-state index contributed by atoms with van der Waals surface area (Å²) in [6.45, 7) is 4.03. The van der Waals surface area contributed by atoms with Crippen LogP contribution in [0.15, 0.2) is 35.3 Å². The first-order valence-electron chi connectivity index (χ1n) is 7.20. The maximum absolute atomic E-state index is 12.0. The number of rotatable bonds is 4. The maximum Gasteiger partial charge on any atom is 0.258 e. The minimum absolute atomic E-state index is 0.0500. The number of hydrogen-bond acceptors (Lipinski definition) is 5. The van der Waals surface area contributed by atoms with E-state index in [2.05, 4.69) is 22.2 Å². The molecule has 1 fully saturated rings. The molecule has 21 heavy (non-hydrogen) atoms. The van der Waals surface area contributed by atoms with Gasteiger partial charge in [0, 0.05) is 38.4 Å². The molecule has 6 heteroatoms. The molecular formula is C15H20N4O2. The molecule has 0 bridgehead atoms.